The van der Waals surface area contributed by atoms with Gasteiger partial charge in [0.25, 0.3) is 0 Å². The third-order valence-electron chi connectivity index (χ3n) is 3.12. The fourth-order valence-electron chi connectivity index (χ4n) is 1.34. The molecule has 0 amide bonds. The lowest BCUT2D eigenvalue weighted by atomic mass is 10.2. The van der Waals surface area contributed by atoms with Crippen LogP contribution in [0.4, 0.5) is 5.69 Å². The molecule has 0 aromatic heterocycles. The smallest absolute Gasteiger partial charge is 0.242 e. The van der Waals surface area contributed by atoms with Crippen LogP contribution in [0.25, 0.3) is 0 Å². The quantitative estimate of drug-likeness (QED) is 0.743. The predicted molar refractivity (Wildman–Crippen MR) is 79.7 cm³/mol. The monoisotopic (exact) mass is 331 g/mol. The lowest BCUT2D eigenvalue weighted by Crippen LogP contribution is -2.43. The van der Waals surface area contributed by atoms with Gasteiger partial charge in [0.2, 0.25) is 10.0 Å². The fraction of sp³-hybridized carbons (Fsp3) is 0.417. The zero-order valence-electron chi connectivity index (χ0n) is 11.9. The van der Waals surface area contributed by atoms with Gasteiger partial charge in [-0.25, -0.2) is 21.6 Å². The van der Waals surface area contributed by atoms with Crippen LogP contribution in [0.2, 0.25) is 0 Å². The molecule has 0 aliphatic rings. The van der Waals surface area contributed by atoms with Crippen molar-refractivity contribution in [1.82, 2.24) is 4.72 Å². The summed E-state index contributed by atoms with van der Waals surface area (Å²) < 4.78 is 48.4. The van der Waals surface area contributed by atoms with Crippen LogP contribution in [0.3, 0.4) is 0 Å². The maximum Gasteiger partial charge on any atom is 0.242 e. The Morgan fingerprint density at radius 2 is 1.86 bits per heavy atom. The number of sulfone groups is 1. The molecule has 0 fully saturated rings. The number of rotatable bonds is 5. The molecule has 21 heavy (non-hydrogen) atoms. The largest absolute Gasteiger partial charge is 0.398 e. The number of sulfonamides is 1. The second-order valence-electron chi connectivity index (χ2n) is 5.22. The SMILES string of the molecule is CC(C)(CNS(=O)(=O)c1ccc(C#N)cc1N)S(C)(=O)=O. The van der Waals surface area contributed by atoms with Gasteiger partial charge in [-0.2, -0.15) is 5.26 Å². The van der Waals surface area contributed by atoms with Gasteiger partial charge in [-0.15, -0.1) is 0 Å². The molecule has 3 N–H and O–H groups in total. The summed E-state index contributed by atoms with van der Waals surface area (Å²) in [6.07, 6.45) is 1.04. The van der Waals surface area contributed by atoms with Gasteiger partial charge in [0, 0.05) is 12.8 Å². The van der Waals surface area contributed by atoms with E-state index in [9.17, 15) is 16.8 Å². The molecule has 0 aliphatic carbocycles. The van der Waals surface area contributed by atoms with E-state index in [4.69, 9.17) is 11.0 Å². The van der Waals surface area contributed by atoms with Crippen LogP contribution in [-0.2, 0) is 19.9 Å². The van der Waals surface area contributed by atoms with Gasteiger partial charge in [-0.05, 0) is 32.0 Å². The first-order valence-corrected chi connectivity index (χ1v) is 9.27. The number of nitriles is 1. The summed E-state index contributed by atoms with van der Waals surface area (Å²) in [7, 11) is -7.39. The highest BCUT2D eigenvalue weighted by Gasteiger charge is 2.32. The van der Waals surface area contributed by atoms with Crippen LogP contribution in [0.1, 0.15) is 19.4 Å². The molecule has 0 unspecified atom stereocenters. The van der Waals surface area contributed by atoms with Crippen LogP contribution in [0, 0.1) is 11.3 Å². The maximum atomic E-state index is 12.2. The van der Waals surface area contributed by atoms with Crippen LogP contribution in [0.5, 0.6) is 0 Å². The molecule has 0 bridgehead atoms. The van der Waals surface area contributed by atoms with Crippen molar-refractivity contribution in [2.45, 2.75) is 23.5 Å². The summed E-state index contributed by atoms with van der Waals surface area (Å²) >= 11 is 0. The Morgan fingerprint density at radius 1 is 1.29 bits per heavy atom. The first kappa shape index (κ1) is 17.4. The molecule has 0 atom stereocenters. The minimum atomic E-state index is -3.96. The number of nitrogens with two attached hydrogens (primary N) is 1. The van der Waals surface area contributed by atoms with Gasteiger partial charge in [-0.3, -0.25) is 0 Å². The first-order valence-electron chi connectivity index (χ1n) is 5.89. The van der Waals surface area contributed by atoms with E-state index in [0.29, 0.717) is 0 Å². The van der Waals surface area contributed by atoms with E-state index in [-0.39, 0.29) is 22.7 Å². The Balaban J connectivity index is 3.07. The normalized spacial score (nSPS) is 12.9. The van der Waals surface area contributed by atoms with Crippen molar-refractivity contribution in [2.24, 2.45) is 0 Å². The average Bonchev–Trinajstić information content (AvgIpc) is 2.34. The first-order chi connectivity index (χ1) is 9.40. The van der Waals surface area contributed by atoms with E-state index < -0.39 is 24.6 Å². The van der Waals surface area contributed by atoms with E-state index in [2.05, 4.69) is 4.72 Å². The van der Waals surface area contributed by atoms with E-state index >= 15 is 0 Å². The molecule has 9 heteroatoms. The number of nitrogens with zero attached hydrogens (tertiary/aromatic N) is 1. The summed E-state index contributed by atoms with van der Waals surface area (Å²) in [5.74, 6) is 0. The molecule has 0 radical (unpaired) electrons. The number of hydrogen-bond acceptors (Lipinski definition) is 6. The molecule has 1 aromatic rings. The minimum absolute atomic E-state index is 0.0706. The topological polar surface area (TPSA) is 130 Å². The number of hydrogen-bond donors (Lipinski definition) is 2. The fourth-order valence-corrected chi connectivity index (χ4v) is 3.09. The van der Waals surface area contributed by atoms with Crippen molar-refractivity contribution in [2.75, 3.05) is 18.5 Å². The third-order valence-corrected chi connectivity index (χ3v) is 6.75. The Kier molecular flexibility index (Phi) is 4.67. The summed E-state index contributed by atoms with van der Waals surface area (Å²) in [5.41, 5.74) is 5.79. The summed E-state index contributed by atoms with van der Waals surface area (Å²) in [5, 5.41) is 8.72. The Morgan fingerprint density at radius 3 is 2.29 bits per heavy atom. The van der Waals surface area contributed by atoms with E-state index in [1.165, 1.54) is 32.0 Å². The number of nitrogens with one attached hydrogen (secondary N) is 1. The Hall–Kier alpha value is -1.63. The van der Waals surface area contributed by atoms with Gasteiger partial charge in [0.15, 0.2) is 9.84 Å². The van der Waals surface area contributed by atoms with Crippen molar-refractivity contribution >= 4 is 25.5 Å². The van der Waals surface area contributed by atoms with Crippen LogP contribution in [0.15, 0.2) is 23.1 Å². The van der Waals surface area contributed by atoms with E-state index in [1.807, 2.05) is 6.07 Å². The molecule has 0 saturated carbocycles. The highest BCUT2D eigenvalue weighted by molar-refractivity contribution is 7.92. The molecular weight excluding hydrogens is 314 g/mol. The lowest BCUT2D eigenvalue weighted by Gasteiger charge is -2.22. The third kappa shape index (κ3) is 3.93. The molecule has 0 saturated heterocycles. The molecule has 1 rings (SSSR count). The summed E-state index contributed by atoms with van der Waals surface area (Å²) in [4.78, 5) is -0.189. The van der Waals surface area contributed by atoms with Crippen molar-refractivity contribution in [3.63, 3.8) is 0 Å². The van der Waals surface area contributed by atoms with Gasteiger partial charge in [-0.1, -0.05) is 0 Å². The van der Waals surface area contributed by atoms with Gasteiger partial charge in [0.1, 0.15) is 4.90 Å². The number of anilines is 1. The zero-order chi connectivity index (χ0) is 16.5. The molecule has 0 aliphatic heterocycles. The number of nitrogen functional groups attached to an aromatic ring is 1. The standard InChI is InChI=1S/C12H17N3O4S2/c1-12(2,20(3,16)17)8-15-21(18,19)11-5-4-9(7-13)6-10(11)14/h4-6,15H,8,14H2,1-3H3. The van der Waals surface area contributed by atoms with Crippen molar-refractivity contribution in [1.29, 1.82) is 5.26 Å². The summed E-state index contributed by atoms with van der Waals surface area (Å²) in [6, 6.07) is 5.63. The lowest BCUT2D eigenvalue weighted by molar-refractivity contribution is 0.537. The minimum Gasteiger partial charge on any atom is -0.398 e. The average molecular weight is 331 g/mol. The van der Waals surface area contributed by atoms with Gasteiger partial charge < -0.3 is 5.73 Å². The van der Waals surface area contributed by atoms with Gasteiger partial charge in [0.05, 0.1) is 22.1 Å². The van der Waals surface area contributed by atoms with Crippen molar-refractivity contribution < 1.29 is 16.8 Å². The highest BCUT2D eigenvalue weighted by atomic mass is 32.2. The van der Waals surface area contributed by atoms with Gasteiger partial charge >= 0.3 is 0 Å². The Bertz CT molecular complexity index is 790. The zero-order valence-corrected chi connectivity index (χ0v) is 13.5. The van der Waals surface area contributed by atoms with E-state index in [1.54, 1.807) is 0 Å². The second kappa shape index (κ2) is 5.63. The van der Waals surface area contributed by atoms with Crippen molar-refractivity contribution in [3.8, 4) is 6.07 Å². The molecule has 116 valence electrons. The highest BCUT2D eigenvalue weighted by Crippen LogP contribution is 2.21. The van der Waals surface area contributed by atoms with Crippen LogP contribution >= 0.6 is 0 Å². The molecular formula is C12H17N3O4S2. The molecule has 0 spiro atoms. The second-order valence-corrected chi connectivity index (χ2v) is 9.61. The van der Waals surface area contributed by atoms with Crippen LogP contribution in [-0.4, -0.2) is 34.4 Å². The summed E-state index contributed by atoms with van der Waals surface area (Å²) in [6.45, 7) is 2.56. The van der Waals surface area contributed by atoms with E-state index in [0.717, 1.165) is 6.26 Å². The molecule has 0 heterocycles. The Labute approximate surface area is 124 Å². The van der Waals surface area contributed by atoms with Crippen molar-refractivity contribution in [3.05, 3.63) is 23.8 Å². The van der Waals surface area contributed by atoms with Crippen LogP contribution < -0.4 is 10.5 Å². The number of benzene rings is 1. The predicted octanol–water partition coefficient (Wildman–Crippen LogP) is 0.242. The molecule has 1 aromatic carbocycles. The maximum absolute atomic E-state index is 12.2. The molecule has 7 nitrogen and oxygen atoms in total.